The van der Waals surface area contributed by atoms with Crippen LogP contribution in [0.1, 0.15) is 12.8 Å². The number of carbonyl (C=O) groups is 2. The molecule has 0 saturated carbocycles. The van der Waals surface area contributed by atoms with Gasteiger partial charge in [-0.25, -0.2) is 4.79 Å². The van der Waals surface area contributed by atoms with Crippen LogP contribution in [0, 0.1) is 0 Å². The predicted molar refractivity (Wildman–Crippen MR) is 67.2 cm³/mol. The maximum absolute atomic E-state index is 11.6. The molecule has 100 valence electrons. The zero-order valence-electron chi connectivity index (χ0n) is 10.1. The van der Waals surface area contributed by atoms with Crippen LogP contribution in [0.15, 0.2) is 12.4 Å². The van der Waals surface area contributed by atoms with E-state index in [1.807, 2.05) is 6.26 Å². The average molecular weight is 272 g/mol. The Labute approximate surface area is 109 Å². The second-order valence-electron chi connectivity index (χ2n) is 3.66. The van der Waals surface area contributed by atoms with E-state index in [2.05, 4.69) is 15.6 Å². The van der Waals surface area contributed by atoms with Gasteiger partial charge in [0.15, 0.2) is 0 Å². The van der Waals surface area contributed by atoms with Gasteiger partial charge in [0.25, 0.3) is 0 Å². The molecule has 1 heterocycles. The summed E-state index contributed by atoms with van der Waals surface area (Å²) in [5.74, 6) is -0.600. The van der Waals surface area contributed by atoms with Crippen LogP contribution in [-0.4, -0.2) is 50.0 Å². The Bertz CT molecular complexity index is 382. The monoisotopic (exact) mass is 272 g/mol. The lowest BCUT2D eigenvalue weighted by Gasteiger charge is -2.13. The third kappa shape index (κ3) is 5.17. The summed E-state index contributed by atoms with van der Waals surface area (Å²) in [7, 11) is 0. The van der Waals surface area contributed by atoms with Crippen molar-refractivity contribution in [1.29, 1.82) is 0 Å². The molecule has 8 heteroatoms. The molecule has 0 saturated heterocycles. The molecular formula is C10H16N4O3S. The molecule has 7 nitrogen and oxygen atoms in total. The van der Waals surface area contributed by atoms with Gasteiger partial charge in [-0.1, -0.05) is 5.21 Å². The van der Waals surface area contributed by atoms with Crippen LogP contribution in [0.2, 0.25) is 0 Å². The van der Waals surface area contributed by atoms with Crippen molar-refractivity contribution in [3.63, 3.8) is 0 Å². The van der Waals surface area contributed by atoms with Crippen molar-refractivity contribution in [1.82, 2.24) is 20.3 Å². The van der Waals surface area contributed by atoms with E-state index < -0.39 is 12.0 Å². The van der Waals surface area contributed by atoms with E-state index in [4.69, 9.17) is 5.11 Å². The molecule has 1 unspecified atom stereocenters. The Hall–Kier alpha value is -1.57. The molecule has 0 bridgehead atoms. The Morgan fingerprint density at radius 3 is 2.89 bits per heavy atom. The first kappa shape index (κ1) is 14.5. The molecule has 0 spiro atoms. The number of aromatic nitrogens is 3. The van der Waals surface area contributed by atoms with Gasteiger partial charge in [-0.05, 0) is 18.4 Å². The highest BCUT2D eigenvalue weighted by Crippen LogP contribution is 2.01. The topological polar surface area (TPSA) is 97.1 Å². The minimum absolute atomic E-state index is 0.187. The number of hydrogen-bond acceptors (Lipinski definition) is 5. The summed E-state index contributed by atoms with van der Waals surface area (Å²) in [6.45, 7) is 0.390. The molecule has 0 aliphatic heterocycles. The second kappa shape index (κ2) is 7.70. The van der Waals surface area contributed by atoms with Gasteiger partial charge in [0.1, 0.15) is 6.04 Å². The molecule has 2 N–H and O–H groups in total. The van der Waals surface area contributed by atoms with Crippen molar-refractivity contribution in [3.05, 3.63) is 12.4 Å². The minimum Gasteiger partial charge on any atom is -0.480 e. The Balaban J connectivity index is 2.34. The zero-order chi connectivity index (χ0) is 13.4. The van der Waals surface area contributed by atoms with E-state index >= 15 is 0 Å². The van der Waals surface area contributed by atoms with Crippen molar-refractivity contribution in [3.8, 4) is 0 Å². The molecule has 0 radical (unpaired) electrons. The smallest absolute Gasteiger partial charge is 0.326 e. The van der Waals surface area contributed by atoms with Crippen molar-refractivity contribution in [2.24, 2.45) is 0 Å². The highest BCUT2D eigenvalue weighted by atomic mass is 32.2. The first-order valence-corrected chi connectivity index (χ1v) is 6.88. The number of thioether (sulfide) groups is 1. The quantitative estimate of drug-likeness (QED) is 0.691. The van der Waals surface area contributed by atoms with Crippen LogP contribution in [0.25, 0.3) is 0 Å². The number of carbonyl (C=O) groups excluding carboxylic acids is 1. The average Bonchev–Trinajstić information content (AvgIpc) is 2.84. The number of hydrogen-bond donors (Lipinski definition) is 2. The predicted octanol–water partition coefficient (Wildman–Crippen LogP) is -0.00930. The lowest BCUT2D eigenvalue weighted by Crippen LogP contribution is -2.41. The molecule has 18 heavy (non-hydrogen) atoms. The lowest BCUT2D eigenvalue weighted by molar-refractivity contribution is -0.141. The van der Waals surface area contributed by atoms with Crippen molar-refractivity contribution in [2.45, 2.75) is 25.4 Å². The van der Waals surface area contributed by atoms with Gasteiger partial charge in [-0.3, -0.25) is 9.48 Å². The number of nitrogens with one attached hydrogen (secondary N) is 1. The van der Waals surface area contributed by atoms with Gasteiger partial charge >= 0.3 is 5.97 Å². The summed E-state index contributed by atoms with van der Waals surface area (Å²) < 4.78 is 1.53. The van der Waals surface area contributed by atoms with Crippen LogP contribution in [-0.2, 0) is 16.1 Å². The molecule has 0 aromatic carbocycles. The molecule has 1 atom stereocenters. The number of aryl methyl sites for hydroxylation is 1. The molecule has 1 aromatic heterocycles. The molecule has 0 aliphatic carbocycles. The van der Waals surface area contributed by atoms with Crippen LogP contribution < -0.4 is 5.32 Å². The maximum Gasteiger partial charge on any atom is 0.326 e. The molecular weight excluding hydrogens is 256 g/mol. The Morgan fingerprint density at radius 2 is 2.33 bits per heavy atom. The van der Waals surface area contributed by atoms with E-state index in [-0.39, 0.29) is 12.3 Å². The zero-order valence-corrected chi connectivity index (χ0v) is 10.9. The van der Waals surface area contributed by atoms with Crippen LogP contribution in [0.3, 0.4) is 0 Å². The van der Waals surface area contributed by atoms with E-state index in [1.165, 1.54) is 10.9 Å². The lowest BCUT2D eigenvalue weighted by atomic mass is 10.2. The molecule has 1 aromatic rings. The fourth-order valence-corrected chi connectivity index (χ4v) is 1.80. The fourth-order valence-electron chi connectivity index (χ4n) is 1.33. The SMILES string of the molecule is CSCCC(NC(=O)CCn1ccnn1)C(=O)O. The highest BCUT2D eigenvalue weighted by molar-refractivity contribution is 7.98. The number of rotatable bonds is 8. The number of carboxylic acid groups (broad SMARTS) is 1. The third-order valence-corrected chi connectivity index (χ3v) is 2.93. The fraction of sp³-hybridized carbons (Fsp3) is 0.600. The summed E-state index contributed by atoms with van der Waals surface area (Å²) in [6, 6.07) is -0.819. The molecule has 1 rings (SSSR count). The van der Waals surface area contributed by atoms with Gasteiger partial charge in [-0.2, -0.15) is 11.8 Å². The van der Waals surface area contributed by atoms with E-state index in [0.717, 1.165) is 0 Å². The first-order valence-electron chi connectivity index (χ1n) is 5.48. The standard InChI is InChI=1S/C10H16N4O3S/c1-18-7-3-8(10(16)17)12-9(15)2-5-14-6-4-11-13-14/h4,6,8H,2-3,5,7H2,1H3,(H,12,15)(H,16,17). The van der Waals surface area contributed by atoms with E-state index in [0.29, 0.717) is 18.7 Å². The number of aliphatic carboxylic acids is 1. The molecule has 1 amide bonds. The summed E-state index contributed by atoms with van der Waals surface area (Å²) in [5, 5.41) is 18.8. The van der Waals surface area contributed by atoms with Crippen LogP contribution in [0.4, 0.5) is 0 Å². The third-order valence-electron chi connectivity index (χ3n) is 2.28. The van der Waals surface area contributed by atoms with E-state index in [1.54, 1.807) is 18.0 Å². The molecule has 0 aliphatic rings. The van der Waals surface area contributed by atoms with Crippen molar-refractivity contribution < 1.29 is 14.7 Å². The molecule has 0 fully saturated rings. The number of amides is 1. The summed E-state index contributed by atoms with van der Waals surface area (Å²) in [4.78, 5) is 22.5. The highest BCUT2D eigenvalue weighted by Gasteiger charge is 2.18. The summed E-state index contributed by atoms with van der Waals surface area (Å²) >= 11 is 1.55. The van der Waals surface area contributed by atoms with Crippen molar-refractivity contribution in [2.75, 3.05) is 12.0 Å². The normalized spacial score (nSPS) is 12.1. The van der Waals surface area contributed by atoms with Crippen molar-refractivity contribution >= 4 is 23.6 Å². The summed E-state index contributed by atoms with van der Waals surface area (Å²) in [5.41, 5.74) is 0. The van der Waals surface area contributed by atoms with Gasteiger partial charge in [0.2, 0.25) is 5.91 Å². The van der Waals surface area contributed by atoms with Crippen LogP contribution >= 0.6 is 11.8 Å². The van der Waals surface area contributed by atoms with Gasteiger partial charge in [0.05, 0.1) is 12.7 Å². The Kier molecular flexibility index (Phi) is 6.20. The Morgan fingerprint density at radius 1 is 1.56 bits per heavy atom. The maximum atomic E-state index is 11.6. The van der Waals surface area contributed by atoms with Crippen LogP contribution in [0.5, 0.6) is 0 Å². The van der Waals surface area contributed by atoms with Gasteiger partial charge in [0, 0.05) is 12.6 Å². The number of nitrogens with zero attached hydrogens (tertiary/aromatic N) is 3. The number of carboxylic acids is 1. The first-order chi connectivity index (χ1) is 8.63. The largest absolute Gasteiger partial charge is 0.480 e. The van der Waals surface area contributed by atoms with Gasteiger partial charge in [-0.15, -0.1) is 5.10 Å². The van der Waals surface area contributed by atoms with E-state index in [9.17, 15) is 9.59 Å². The second-order valence-corrected chi connectivity index (χ2v) is 4.64. The van der Waals surface area contributed by atoms with Gasteiger partial charge < -0.3 is 10.4 Å². The summed E-state index contributed by atoms with van der Waals surface area (Å²) in [6.07, 6.45) is 5.68. The minimum atomic E-state index is -1.00.